The predicted molar refractivity (Wildman–Crippen MR) is 246 cm³/mol. The number of pyridine rings is 2. The first-order chi connectivity index (χ1) is 29.5. The average Bonchev–Trinajstić information content (AvgIpc) is 3.59. The first kappa shape index (κ1) is 43.4. The molecule has 3 heterocycles. The Morgan fingerprint density at radius 2 is 1.10 bits per heavy atom. The van der Waals surface area contributed by atoms with E-state index in [9.17, 15) is 18.3 Å². The van der Waals surface area contributed by atoms with E-state index in [0.29, 0.717) is 22.6 Å². The van der Waals surface area contributed by atoms with Gasteiger partial charge in [-0.3, -0.25) is 9.97 Å². The topological polar surface area (TPSA) is 50.9 Å². The number of aromatic hydroxyl groups is 1. The van der Waals surface area contributed by atoms with Crippen molar-refractivity contribution in [2.75, 3.05) is 0 Å². The predicted octanol–water partition coefficient (Wildman–Crippen LogP) is 15.0. The van der Waals surface area contributed by atoms with Gasteiger partial charge in [0, 0.05) is 60.7 Å². The summed E-state index contributed by atoms with van der Waals surface area (Å²) in [4.78, 5) is 9.92. The minimum Gasteiger partial charge on any atom is -0.507 e. The van der Waals surface area contributed by atoms with Crippen molar-refractivity contribution in [2.45, 2.75) is 58.5 Å². The summed E-state index contributed by atoms with van der Waals surface area (Å²) < 4.78 is 42.3. The molecule has 0 fully saturated rings. The van der Waals surface area contributed by atoms with Crippen molar-refractivity contribution < 1.29 is 39.3 Å². The summed E-state index contributed by atoms with van der Waals surface area (Å²) in [5, 5.41) is 13.0. The largest absolute Gasteiger partial charge is 0.507 e. The van der Waals surface area contributed by atoms with Crippen LogP contribution in [0, 0.1) is 6.07 Å². The van der Waals surface area contributed by atoms with Crippen molar-refractivity contribution in [3.8, 4) is 67.5 Å². The van der Waals surface area contributed by atoms with Gasteiger partial charge in [-0.15, -0.1) is 24.3 Å². The number of aromatic nitrogens is 3. The molecule has 318 valence electrons. The van der Waals surface area contributed by atoms with Crippen LogP contribution in [0.25, 0.3) is 83.5 Å². The molecular weight excluding hydrogens is 971 g/mol. The zero-order valence-corrected chi connectivity index (χ0v) is 38.0. The van der Waals surface area contributed by atoms with Crippen LogP contribution < -0.4 is 0 Å². The van der Waals surface area contributed by atoms with Crippen LogP contribution in [0.5, 0.6) is 5.75 Å². The molecule has 9 aromatic rings. The van der Waals surface area contributed by atoms with Crippen LogP contribution >= 0.6 is 0 Å². The Bertz CT molecular complexity index is 3120. The Morgan fingerprint density at radius 1 is 0.508 bits per heavy atom. The van der Waals surface area contributed by atoms with Crippen LogP contribution in [0.2, 0.25) is 0 Å². The van der Waals surface area contributed by atoms with Gasteiger partial charge in [0.25, 0.3) is 0 Å². The molecule has 3 aromatic heterocycles. The molecule has 0 aliphatic heterocycles. The zero-order chi connectivity index (χ0) is 43.6. The second-order valence-electron chi connectivity index (χ2n) is 18.0. The van der Waals surface area contributed by atoms with Crippen LogP contribution in [0.4, 0.5) is 13.2 Å². The Kier molecular flexibility index (Phi) is 11.3. The number of alkyl halides is 3. The molecule has 6 aromatic carbocycles. The molecule has 0 spiro atoms. The van der Waals surface area contributed by atoms with Gasteiger partial charge in [0.05, 0.1) is 22.3 Å². The van der Waals surface area contributed by atoms with Crippen molar-refractivity contribution in [2.24, 2.45) is 0 Å². The molecule has 0 saturated heterocycles. The fraction of sp³-hybridized carbons (Fsp3) is 0.164. The molecule has 0 amide bonds. The second kappa shape index (κ2) is 16.4. The van der Waals surface area contributed by atoms with Gasteiger partial charge in [-0.1, -0.05) is 119 Å². The molecule has 8 heteroatoms. The van der Waals surface area contributed by atoms with Crippen LogP contribution in [-0.2, 0) is 38.1 Å². The maximum atomic E-state index is 13.4. The monoisotopic (exact) mass is 1020 g/mol. The standard InChI is InChI=1S/C55H45F3N3O.Pt/c1-53(2,3)41-27-38(28-42(33-41)54(4,5)6)39-31-48(60-49(32-39)45-15-8-10-17-52(45)62)37-13-11-12-36(26-37)47-30-35(24-25-59-47)34-18-23-51-46(29-34)44-14-7-9-16-50(44)61(51)43-21-19-40(20-22-43)55(56,57)58;/h7-25,27-33,62H,1-6H3;/q-1;. The summed E-state index contributed by atoms with van der Waals surface area (Å²) in [7, 11) is 0. The third kappa shape index (κ3) is 8.59. The van der Waals surface area contributed by atoms with Crippen molar-refractivity contribution in [3.05, 3.63) is 181 Å². The molecule has 0 bridgehead atoms. The Hall–Kier alpha value is -6.30. The van der Waals surface area contributed by atoms with E-state index in [1.807, 2.05) is 83.4 Å². The number of benzene rings is 6. The van der Waals surface area contributed by atoms with Gasteiger partial charge in [0.15, 0.2) is 0 Å². The molecule has 0 aliphatic rings. The van der Waals surface area contributed by atoms with Crippen LogP contribution in [0.15, 0.2) is 158 Å². The molecule has 0 saturated carbocycles. The number of halogens is 3. The van der Waals surface area contributed by atoms with Crippen molar-refractivity contribution in [1.82, 2.24) is 14.5 Å². The molecule has 63 heavy (non-hydrogen) atoms. The first-order valence-corrected chi connectivity index (χ1v) is 20.7. The molecule has 4 nitrogen and oxygen atoms in total. The van der Waals surface area contributed by atoms with E-state index in [-0.39, 0.29) is 37.6 Å². The first-order valence-electron chi connectivity index (χ1n) is 20.7. The fourth-order valence-electron chi connectivity index (χ4n) is 8.08. The maximum Gasteiger partial charge on any atom is 0.416 e. The quantitative estimate of drug-likeness (QED) is 0.169. The van der Waals surface area contributed by atoms with Crippen LogP contribution in [-0.4, -0.2) is 19.6 Å². The number of rotatable bonds is 6. The van der Waals surface area contributed by atoms with E-state index in [1.54, 1.807) is 12.3 Å². The van der Waals surface area contributed by atoms with E-state index in [1.165, 1.54) is 23.3 Å². The number of para-hydroxylation sites is 2. The van der Waals surface area contributed by atoms with Crippen LogP contribution in [0.3, 0.4) is 0 Å². The molecule has 0 radical (unpaired) electrons. The third-order valence-corrected chi connectivity index (χ3v) is 11.6. The maximum absolute atomic E-state index is 13.4. The third-order valence-electron chi connectivity index (χ3n) is 11.6. The van der Waals surface area contributed by atoms with Crippen molar-refractivity contribution in [3.63, 3.8) is 0 Å². The van der Waals surface area contributed by atoms with Gasteiger partial charge in [-0.2, -0.15) is 13.2 Å². The number of hydrogen-bond donors (Lipinski definition) is 1. The normalized spacial score (nSPS) is 12.1. The number of hydrogen-bond acceptors (Lipinski definition) is 3. The molecule has 0 aliphatic carbocycles. The summed E-state index contributed by atoms with van der Waals surface area (Å²) in [6.45, 7) is 13.4. The summed E-state index contributed by atoms with van der Waals surface area (Å²) >= 11 is 0. The van der Waals surface area contributed by atoms with Gasteiger partial charge in [0.2, 0.25) is 0 Å². The van der Waals surface area contributed by atoms with E-state index in [2.05, 4.69) is 90.1 Å². The summed E-state index contributed by atoms with van der Waals surface area (Å²) in [5.74, 6) is 0.156. The van der Waals surface area contributed by atoms with Gasteiger partial charge < -0.3 is 9.67 Å². The number of phenolic OH excluding ortho intramolecular Hbond substituents is 1. The zero-order valence-electron chi connectivity index (χ0n) is 35.8. The van der Waals surface area contributed by atoms with E-state index >= 15 is 0 Å². The number of fused-ring (bicyclic) bond motifs is 3. The van der Waals surface area contributed by atoms with Crippen molar-refractivity contribution in [1.29, 1.82) is 0 Å². The van der Waals surface area contributed by atoms with E-state index in [0.717, 1.165) is 73.0 Å². The van der Waals surface area contributed by atoms with Gasteiger partial charge in [0.1, 0.15) is 5.75 Å². The average molecular weight is 1020 g/mol. The van der Waals surface area contributed by atoms with Crippen LogP contribution in [0.1, 0.15) is 58.2 Å². The minimum atomic E-state index is -4.41. The fourth-order valence-corrected chi connectivity index (χ4v) is 8.08. The van der Waals surface area contributed by atoms with Gasteiger partial charge in [-0.25, -0.2) is 0 Å². The Morgan fingerprint density at radius 3 is 1.78 bits per heavy atom. The second-order valence-corrected chi connectivity index (χ2v) is 18.0. The van der Waals surface area contributed by atoms with E-state index < -0.39 is 11.7 Å². The van der Waals surface area contributed by atoms with Gasteiger partial charge >= 0.3 is 6.18 Å². The Labute approximate surface area is 380 Å². The SMILES string of the molecule is CC(C)(C)c1cc(-c2cc(-c3[c-]c(-c4cc(-c5ccc6c(c5)c5ccccc5n6-c5ccc(C(F)(F)F)cc5)ccn4)ccc3)nc(-c3ccccc3O)c2)cc(C(C)(C)C)c1.[Pt]. The summed E-state index contributed by atoms with van der Waals surface area (Å²) in [6, 6.07) is 51.4. The molecule has 0 unspecified atom stereocenters. The molecule has 9 rings (SSSR count). The number of phenols is 1. The van der Waals surface area contributed by atoms with E-state index in [4.69, 9.17) is 9.97 Å². The Balaban J connectivity index is 0.00000544. The van der Waals surface area contributed by atoms with Gasteiger partial charge in [-0.05, 0) is 111 Å². The molecule has 1 N–H and O–H groups in total. The summed E-state index contributed by atoms with van der Waals surface area (Å²) in [6.07, 6.45) is -2.61. The molecular formula is C55H45F3N3OPt-. The smallest absolute Gasteiger partial charge is 0.416 e. The summed E-state index contributed by atoms with van der Waals surface area (Å²) in [5.41, 5.74) is 12.4. The molecule has 0 atom stereocenters. The minimum absolute atomic E-state index is 0. The van der Waals surface area contributed by atoms with Crippen molar-refractivity contribution >= 4 is 21.8 Å². The number of nitrogens with zero attached hydrogens (tertiary/aromatic N) is 3.